The third-order valence-electron chi connectivity index (χ3n) is 3.73. The summed E-state index contributed by atoms with van der Waals surface area (Å²) < 4.78 is 13.9. The molecule has 0 spiro atoms. The first-order valence-electron chi connectivity index (χ1n) is 6.37. The van der Waals surface area contributed by atoms with Crippen LogP contribution in [0.3, 0.4) is 0 Å². The van der Waals surface area contributed by atoms with Gasteiger partial charge in [0.25, 0.3) is 0 Å². The second-order valence-electron chi connectivity index (χ2n) is 5.08. The highest BCUT2D eigenvalue weighted by Gasteiger charge is 2.23. The monoisotopic (exact) mass is 270 g/mol. The van der Waals surface area contributed by atoms with Crippen molar-refractivity contribution in [3.8, 4) is 0 Å². The van der Waals surface area contributed by atoms with E-state index in [-0.39, 0.29) is 5.82 Å². The fourth-order valence-electron chi connectivity index (χ4n) is 2.57. The van der Waals surface area contributed by atoms with Crippen molar-refractivity contribution in [2.24, 2.45) is 0 Å². The molecule has 1 aliphatic rings. The number of halogens is 2. The Kier molecular flexibility index (Phi) is 4.46. The highest BCUT2D eigenvalue weighted by Crippen LogP contribution is 2.23. The maximum atomic E-state index is 13.9. The zero-order valence-electron chi connectivity index (χ0n) is 11.0. The van der Waals surface area contributed by atoms with Crippen molar-refractivity contribution in [2.75, 3.05) is 32.1 Å². The normalized spacial score (nSPS) is 20.3. The Morgan fingerprint density at radius 3 is 2.83 bits per heavy atom. The third-order valence-corrected chi connectivity index (χ3v) is 4.04. The molecule has 0 amide bonds. The summed E-state index contributed by atoms with van der Waals surface area (Å²) in [7, 11) is 4.09. The summed E-state index contributed by atoms with van der Waals surface area (Å²) in [6.45, 7) is 2.01. The summed E-state index contributed by atoms with van der Waals surface area (Å²) >= 11 is 5.70. The largest absolute Gasteiger partial charge is 0.371 e. The summed E-state index contributed by atoms with van der Waals surface area (Å²) in [5, 5.41) is 0. The second-order valence-corrected chi connectivity index (χ2v) is 5.34. The average Bonchev–Trinajstić information content (AvgIpc) is 2.74. The first-order valence-corrected chi connectivity index (χ1v) is 6.91. The van der Waals surface area contributed by atoms with E-state index in [1.54, 1.807) is 0 Å². The van der Waals surface area contributed by atoms with E-state index in [2.05, 4.69) is 11.9 Å². The predicted molar refractivity (Wildman–Crippen MR) is 74.9 cm³/mol. The summed E-state index contributed by atoms with van der Waals surface area (Å²) in [6, 6.07) is 5.77. The van der Waals surface area contributed by atoms with Crippen LogP contribution in [-0.2, 0) is 5.88 Å². The van der Waals surface area contributed by atoms with Crippen LogP contribution in [0, 0.1) is 5.82 Å². The van der Waals surface area contributed by atoms with Crippen LogP contribution < -0.4 is 4.90 Å². The molecule has 1 fully saturated rings. The van der Waals surface area contributed by atoms with Gasteiger partial charge < -0.3 is 9.80 Å². The summed E-state index contributed by atoms with van der Waals surface area (Å²) in [5.41, 5.74) is 1.48. The van der Waals surface area contributed by atoms with Crippen molar-refractivity contribution in [1.29, 1.82) is 0 Å². The Bertz CT molecular complexity index is 411. The van der Waals surface area contributed by atoms with Gasteiger partial charge in [-0.05, 0) is 44.1 Å². The topological polar surface area (TPSA) is 6.48 Å². The molecule has 100 valence electrons. The van der Waals surface area contributed by atoms with Crippen molar-refractivity contribution in [3.05, 3.63) is 29.6 Å². The zero-order valence-corrected chi connectivity index (χ0v) is 11.8. The van der Waals surface area contributed by atoms with E-state index in [0.29, 0.717) is 17.6 Å². The highest BCUT2D eigenvalue weighted by molar-refractivity contribution is 6.17. The van der Waals surface area contributed by atoms with Gasteiger partial charge in [0.2, 0.25) is 0 Å². The van der Waals surface area contributed by atoms with Crippen molar-refractivity contribution in [1.82, 2.24) is 4.90 Å². The van der Waals surface area contributed by atoms with Crippen molar-refractivity contribution in [3.63, 3.8) is 0 Å². The number of rotatable bonds is 4. The molecule has 0 bridgehead atoms. The van der Waals surface area contributed by atoms with Gasteiger partial charge in [0.15, 0.2) is 0 Å². The van der Waals surface area contributed by atoms with Crippen LogP contribution in [0.5, 0.6) is 0 Å². The van der Waals surface area contributed by atoms with Gasteiger partial charge in [0.05, 0.1) is 5.69 Å². The molecule has 2 nitrogen and oxygen atoms in total. The molecule has 1 saturated heterocycles. The van der Waals surface area contributed by atoms with Crippen LogP contribution in [0.15, 0.2) is 18.2 Å². The molecule has 18 heavy (non-hydrogen) atoms. The van der Waals surface area contributed by atoms with Crippen LogP contribution >= 0.6 is 11.6 Å². The van der Waals surface area contributed by atoms with Crippen LogP contribution in [0.4, 0.5) is 10.1 Å². The molecule has 1 aliphatic heterocycles. The molecule has 4 heteroatoms. The molecular weight excluding hydrogens is 251 g/mol. The number of benzene rings is 1. The van der Waals surface area contributed by atoms with Crippen LogP contribution in [-0.4, -0.2) is 38.1 Å². The maximum absolute atomic E-state index is 13.9. The molecule has 1 aromatic rings. The van der Waals surface area contributed by atoms with E-state index in [1.165, 1.54) is 18.9 Å². The fraction of sp³-hybridized carbons (Fsp3) is 0.571. The van der Waals surface area contributed by atoms with Gasteiger partial charge in [-0.15, -0.1) is 11.6 Å². The molecular formula is C14H20ClFN2. The lowest BCUT2D eigenvalue weighted by Crippen LogP contribution is -2.36. The minimum atomic E-state index is -0.184. The number of likely N-dealkylation sites (tertiary alicyclic amines) is 1. The van der Waals surface area contributed by atoms with E-state index >= 15 is 0 Å². The number of hydrogen-bond donors (Lipinski definition) is 0. The van der Waals surface area contributed by atoms with Crippen molar-refractivity contribution in [2.45, 2.75) is 24.8 Å². The molecule has 2 rings (SSSR count). The van der Waals surface area contributed by atoms with E-state index in [4.69, 9.17) is 11.6 Å². The fourth-order valence-corrected chi connectivity index (χ4v) is 2.73. The Labute approximate surface area is 113 Å². The molecule has 0 radical (unpaired) electrons. The highest BCUT2D eigenvalue weighted by atomic mass is 35.5. The lowest BCUT2D eigenvalue weighted by atomic mass is 10.1. The van der Waals surface area contributed by atoms with Crippen molar-refractivity contribution < 1.29 is 4.39 Å². The average molecular weight is 271 g/mol. The minimum absolute atomic E-state index is 0.184. The minimum Gasteiger partial charge on any atom is -0.371 e. The molecule has 1 unspecified atom stereocenters. The lowest BCUT2D eigenvalue weighted by molar-refractivity contribution is 0.314. The molecule has 1 aromatic carbocycles. The first kappa shape index (κ1) is 13.6. The van der Waals surface area contributed by atoms with Gasteiger partial charge in [-0.2, -0.15) is 0 Å². The van der Waals surface area contributed by atoms with E-state index in [0.717, 1.165) is 18.7 Å². The summed E-state index contributed by atoms with van der Waals surface area (Å²) in [6.07, 6.45) is 2.44. The summed E-state index contributed by atoms with van der Waals surface area (Å²) in [4.78, 5) is 4.35. The van der Waals surface area contributed by atoms with Crippen LogP contribution in [0.2, 0.25) is 0 Å². The molecule has 0 aromatic heterocycles. The summed E-state index contributed by atoms with van der Waals surface area (Å²) in [5.74, 6) is 0.169. The van der Waals surface area contributed by atoms with E-state index in [1.807, 2.05) is 24.1 Å². The molecule has 1 heterocycles. The zero-order chi connectivity index (χ0) is 13.1. The quantitative estimate of drug-likeness (QED) is 0.776. The van der Waals surface area contributed by atoms with Gasteiger partial charge >= 0.3 is 0 Å². The van der Waals surface area contributed by atoms with Crippen LogP contribution in [0.1, 0.15) is 18.4 Å². The standard InChI is InChI=1S/C14H20ClFN2/c1-17-7-3-4-12(17)10-18(2)14-6-5-11(9-15)8-13(14)16/h5-6,8,12H,3-4,7,9-10H2,1-2H3. The molecule has 0 aliphatic carbocycles. The Morgan fingerprint density at radius 1 is 1.50 bits per heavy atom. The molecule has 1 atom stereocenters. The van der Waals surface area contributed by atoms with E-state index in [9.17, 15) is 4.39 Å². The van der Waals surface area contributed by atoms with Gasteiger partial charge in [-0.25, -0.2) is 4.39 Å². The predicted octanol–water partition coefficient (Wildman–Crippen LogP) is 3.09. The van der Waals surface area contributed by atoms with Crippen LogP contribution in [0.25, 0.3) is 0 Å². The molecule has 0 saturated carbocycles. The van der Waals surface area contributed by atoms with Crippen molar-refractivity contribution >= 4 is 17.3 Å². The Balaban J connectivity index is 2.06. The Morgan fingerprint density at radius 2 is 2.28 bits per heavy atom. The SMILES string of the molecule is CN(CC1CCCN1C)c1ccc(CCl)cc1F. The van der Waals surface area contributed by atoms with E-state index < -0.39 is 0 Å². The lowest BCUT2D eigenvalue weighted by Gasteiger charge is -2.27. The smallest absolute Gasteiger partial charge is 0.146 e. The van der Waals surface area contributed by atoms with Gasteiger partial charge in [-0.1, -0.05) is 6.07 Å². The number of alkyl halides is 1. The maximum Gasteiger partial charge on any atom is 0.146 e. The number of likely N-dealkylation sites (N-methyl/N-ethyl adjacent to an activating group) is 2. The first-order chi connectivity index (χ1) is 8.61. The third kappa shape index (κ3) is 2.96. The number of nitrogens with zero attached hydrogens (tertiary/aromatic N) is 2. The van der Waals surface area contributed by atoms with Gasteiger partial charge in [0, 0.05) is 25.5 Å². The number of hydrogen-bond acceptors (Lipinski definition) is 2. The molecule has 0 N–H and O–H groups in total. The second kappa shape index (κ2) is 5.89. The number of anilines is 1. The van der Waals surface area contributed by atoms with Gasteiger partial charge in [0.1, 0.15) is 5.82 Å². The Hall–Kier alpha value is -0.800. The van der Waals surface area contributed by atoms with Gasteiger partial charge in [-0.3, -0.25) is 0 Å².